The largest absolute Gasteiger partial charge is 0.382 e. The Bertz CT molecular complexity index is 514. The van der Waals surface area contributed by atoms with Crippen LogP contribution in [0.1, 0.15) is 37.3 Å². The molecule has 0 aliphatic carbocycles. The summed E-state index contributed by atoms with van der Waals surface area (Å²) < 4.78 is 16.6. The first-order chi connectivity index (χ1) is 12.8. The first-order valence-electron chi connectivity index (χ1n) is 9.61. The molecule has 6 heteroatoms. The van der Waals surface area contributed by atoms with Gasteiger partial charge in [0.25, 0.3) is 0 Å². The van der Waals surface area contributed by atoms with Gasteiger partial charge in [0.1, 0.15) is 0 Å². The van der Waals surface area contributed by atoms with Gasteiger partial charge in [-0.3, -0.25) is 4.99 Å². The zero-order valence-electron chi connectivity index (χ0n) is 16.1. The molecule has 1 saturated heterocycles. The number of hydrogen-bond acceptors (Lipinski definition) is 4. The van der Waals surface area contributed by atoms with E-state index in [0.717, 1.165) is 64.7 Å². The quantitative estimate of drug-likeness (QED) is 0.380. The molecule has 26 heavy (non-hydrogen) atoms. The summed E-state index contributed by atoms with van der Waals surface area (Å²) in [7, 11) is 1.79. The van der Waals surface area contributed by atoms with Crippen molar-refractivity contribution in [3.05, 3.63) is 35.4 Å². The second-order valence-corrected chi connectivity index (χ2v) is 6.34. The van der Waals surface area contributed by atoms with Crippen LogP contribution in [0, 0.1) is 0 Å². The van der Waals surface area contributed by atoms with E-state index >= 15 is 0 Å². The van der Waals surface area contributed by atoms with Gasteiger partial charge >= 0.3 is 0 Å². The van der Waals surface area contributed by atoms with Crippen molar-refractivity contribution in [1.82, 2.24) is 10.6 Å². The van der Waals surface area contributed by atoms with Crippen LogP contribution >= 0.6 is 0 Å². The molecule has 2 N–H and O–H groups in total. The lowest BCUT2D eigenvalue weighted by molar-refractivity contribution is -0.0390. The lowest BCUT2D eigenvalue weighted by Crippen LogP contribution is -2.37. The molecule has 0 bridgehead atoms. The summed E-state index contributed by atoms with van der Waals surface area (Å²) in [5.74, 6) is 0.813. The fourth-order valence-corrected chi connectivity index (χ4v) is 2.74. The predicted octanol–water partition coefficient (Wildman–Crippen LogP) is 2.47. The minimum absolute atomic E-state index is 0.335. The fraction of sp³-hybridized carbons (Fsp3) is 0.650. The van der Waals surface area contributed by atoms with E-state index in [9.17, 15) is 0 Å². The standard InChI is InChI=1S/C20H33N3O3/c1-3-24-12-4-11-22-20(21-2)23-15-17-5-7-18(8-6-17)16-26-19-9-13-25-14-10-19/h5-8,19H,3-4,9-16H2,1-2H3,(H2,21,22,23). The van der Waals surface area contributed by atoms with Gasteiger partial charge < -0.3 is 24.8 Å². The van der Waals surface area contributed by atoms with Gasteiger partial charge in [-0.1, -0.05) is 24.3 Å². The number of guanidine groups is 1. The second kappa shape index (κ2) is 12.7. The van der Waals surface area contributed by atoms with Crippen LogP contribution < -0.4 is 10.6 Å². The second-order valence-electron chi connectivity index (χ2n) is 6.34. The summed E-state index contributed by atoms with van der Waals surface area (Å²) >= 11 is 0. The molecule has 0 saturated carbocycles. The molecule has 6 nitrogen and oxygen atoms in total. The van der Waals surface area contributed by atoms with E-state index < -0.39 is 0 Å². The number of rotatable bonds is 10. The Hall–Kier alpha value is -1.63. The van der Waals surface area contributed by atoms with Crippen LogP contribution in [0.25, 0.3) is 0 Å². The van der Waals surface area contributed by atoms with Crippen molar-refractivity contribution in [2.45, 2.75) is 45.4 Å². The highest BCUT2D eigenvalue weighted by Gasteiger charge is 2.13. The first-order valence-corrected chi connectivity index (χ1v) is 9.61. The van der Waals surface area contributed by atoms with E-state index in [1.807, 2.05) is 6.92 Å². The lowest BCUT2D eigenvalue weighted by atomic mass is 10.1. The molecule has 2 rings (SSSR count). The molecule has 1 aromatic rings. The van der Waals surface area contributed by atoms with Crippen LogP contribution in [0.15, 0.2) is 29.3 Å². The van der Waals surface area contributed by atoms with Gasteiger partial charge in [0.05, 0.1) is 12.7 Å². The molecule has 146 valence electrons. The molecule has 0 radical (unpaired) electrons. The first kappa shape index (κ1) is 20.7. The average molecular weight is 364 g/mol. The molecule has 1 heterocycles. The Balaban J connectivity index is 1.65. The highest BCUT2D eigenvalue weighted by molar-refractivity contribution is 5.79. The summed E-state index contributed by atoms with van der Waals surface area (Å²) in [5.41, 5.74) is 2.43. The SMILES string of the molecule is CCOCCCNC(=NC)NCc1ccc(COC2CCOCC2)cc1. The van der Waals surface area contributed by atoms with Crippen LogP contribution in [0.5, 0.6) is 0 Å². The van der Waals surface area contributed by atoms with Gasteiger partial charge in [-0.2, -0.15) is 0 Å². The van der Waals surface area contributed by atoms with Crippen molar-refractivity contribution in [2.24, 2.45) is 4.99 Å². The number of nitrogens with zero attached hydrogens (tertiary/aromatic N) is 1. The highest BCUT2D eigenvalue weighted by Crippen LogP contribution is 2.14. The third-order valence-electron chi connectivity index (χ3n) is 4.32. The van der Waals surface area contributed by atoms with E-state index in [1.165, 1.54) is 11.1 Å². The normalized spacial score (nSPS) is 15.8. The van der Waals surface area contributed by atoms with E-state index in [0.29, 0.717) is 12.7 Å². The molecule has 0 aromatic heterocycles. The highest BCUT2D eigenvalue weighted by atomic mass is 16.5. The Morgan fingerprint density at radius 1 is 1.15 bits per heavy atom. The number of benzene rings is 1. The summed E-state index contributed by atoms with van der Waals surface area (Å²) in [6.07, 6.45) is 3.30. The molecule has 0 atom stereocenters. The predicted molar refractivity (Wildman–Crippen MR) is 104 cm³/mol. The molecular weight excluding hydrogens is 330 g/mol. The zero-order valence-corrected chi connectivity index (χ0v) is 16.1. The summed E-state index contributed by atoms with van der Waals surface area (Å²) in [4.78, 5) is 4.24. The van der Waals surface area contributed by atoms with Crippen molar-refractivity contribution in [3.63, 3.8) is 0 Å². The number of nitrogens with one attached hydrogen (secondary N) is 2. The summed E-state index contributed by atoms with van der Waals surface area (Å²) in [6, 6.07) is 8.54. The van der Waals surface area contributed by atoms with Gasteiger partial charge in [0.2, 0.25) is 0 Å². The van der Waals surface area contributed by atoms with E-state index in [2.05, 4.69) is 39.9 Å². The van der Waals surface area contributed by atoms with Gasteiger partial charge in [-0.05, 0) is 37.3 Å². The van der Waals surface area contributed by atoms with E-state index in [1.54, 1.807) is 7.05 Å². The maximum absolute atomic E-state index is 5.96. The summed E-state index contributed by atoms with van der Waals surface area (Å²) in [6.45, 7) is 7.44. The van der Waals surface area contributed by atoms with Crippen molar-refractivity contribution in [2.75, 3.05) is 40.0 Å². The molecular formula is C20H33N3O3. The van der Waals surface area contributed by atoms with E-state index in [4.69, 9.17) is 14.2 Å². The molecule has 1 aliphatic heterocycles. The Morgan fingerprint density at radius 2 is 1.88 bits per heavy atom. The average Bonchev–Trinajstić information content (AvgIpc) is 2.70. The smallest absolute Gasteiger partial charge is 0.191 e. The van der Waals surface area contributed by atoms with Crippen LogP contribution in [0.3, 0.4) is 0 Å². The third-order valence-corrected chi connectivity index (χ3v) is 4.32. The maximum atomic E-state index is 5.96. The van der Waals surface area contributed by atoms with E-state index in [-0.39, 0.29) is 0 Å². The number of ether oxygens (including phenoxy) is 3. The zero-order chi connectivity index (χ0) is 18.5. The molecule has 1 aromatic carbocycles. The van der Waals surface area contributed by atoms with Crippen molar-refractivity contribution in [1.29, 1.82) is 0 Å². The lowest BCUT2D eigenvalue weighted by Gasteiger charge is -2.22. The van der Waals surface area contributed by atoms with Crippen molar-refractivity contribution in [3.8, 4) is 0 Å². The maximum Gasteiger partial charge on any atom is 0.191 e. The van der Waals surface area contributed by atoms with Crippen LogP contribution in [-0.2, 0) is 27.4 Å². The number of hydrogen-bond donors (Lipinski definition) is 2. The Labute approximate surface area is 157 Å². The third kappa shape index (κ3) is 8.17. The number of aliphatic imine (C=N–C) groups is 1. The Kier molecular flexibility index (Phi) is 10.1. The summed E-state index contributed by atoms with van der Waals surface area (Å²) in [5, 5.41) is 6.63. The molecule has 0 unspecified atom stereocenters. The van der Waals surface area contributed by atoms with Gasteiger partial charge in [0, 0.05) is 46.6 Å². The van der Waals surface area contributed by atoms with Gasteiger partial charge in [0.15, 0.2) is 5.96 Å². The van der Waals surface area contributed by atoms with Gasteiger partial charge in [-0.15, -0.1) is 0 Å². The fourth-order valence-electron chi connectivity index (χ4n) is 2.74. The minimum atomic E-state index is 0.335. The van der Waals surface area contributed by atoms with Gasteiger partial charge in [-0.25, -0.2) is 0 Å². The van der Waals surface area contributed by atoms with Crippen LogP contribution in [0.4, 0.5) is 0 Å². The van der Waals surface area contributed by atoms with Crippen molar-refractivity contribution >= 4 is 5.96 Å². The molecule has 0 amide bonds. The van der Waals surface area contributed by atoms with Crippen molar-refractivity contribution < 1.29 is 14.2 Å². The molecule has 0 spiro atoms. The van der Waals surface area contributed by atoms with Crippen LogP contribution in [0.2, 0.25) is 0 Å². The topological polar surface area (TPSA) is 64.1 Å². The Morgan fingerprint density at radius 3 is 2.58 bits per heavy atom. The monoisotopic (exact) mass is 363 g/mol. The molecule has 1 aliphatic rings. The molecule has 1 fully saturated rings. The minimum Gasteiger partial charge on any atom is -0.382 e. The van der Waals surface area contributed by atoms with Crippen LogP contribution in [-0.4, -0.2) is 52.1 Å².